The maximum atomic E-state index is 12.5. The molecule has 19 heavy (non-hydrogen) atoms. The number of benzene rings is 2. The van der Waals surface area contributed by atoms with Gasteiger partial charge in [0.1, 0.15) is 0 Å². The van der Waals surface area contributed by atoms with E-state index in [9.17, 15) is 4.79 Å². The molecule has 0 aliphatic rings. The van der Waals surface area contributed by atoms with Crippen molar-refractivity contribution in [2.75, 3.05) is 14.2 Å². The van der Waals surface area contributed by atoms with Gasteiger partial charge < -0.3 is 9.47 Å². The minimum atomic E-state index is -0.0734. The lowest BCUT2D eigenvalue weighted by Crippen LogP contribution is -2.06. The van der Waals surface area contributed by atoms with E-state index in [-0.39, 0.29) is 5.78 Å². The predicted molar refractivity (Wildman–Crippen MR) is 74.2 cm³/mol. The topological polar surface area (TPSA) is 35.5 Å². The van der Waals surface area contributed by atoms with Crippen LogP contribution in [0.1, 0.15) is 21.5 Å². The Morgan fingerprint density at radius 1 is 0.895 bits per heavy atom. The fourth-order valence-electron chi connectivity index (χ4n) is 2.04. The quantitative estimate of drug-likeness (QED) is 0.788. The van der Waals surface area contributed by atoms with Crippen molar-refractivity contribution in [2.45, 2.75) is 6.92 Å². The third-order valence-corrected chi connectivity index (χ3v) is 3.00. The Bertz CT molecular complexity index is 588. The first-order valence-corrected chi connectivity index (χ1v) is 6.00. The Labute approximate surface area is 112 Å². The highest BCUT2D eigenvalue weighted by Crippen LogP contribution is 2.35. The lowest BCUT2D eigenvalue weighted by atomic mass is 10.0. The molecule has 0 unspecified atom stereocenters. The van der Waals surface area contributed by atoms with Crippen LogP contribution in [0.5, 0.6) is 11.5 Å². The van der Waals surface area contributed by atoms with Crippen LogP contribution in [-0.4, -0.2) is 20.0 Å². The van der Waals surface area contributed by atoms with Gasteiger partial charge >= 0.3 is 0 Å². The van der Waals surface area contributed by atoms with Crippen LogP contribution in [0.3, 0.4) is 0 Å². The molecule has 2 aromatic rings. The standard InChI is InChI=1S/C16H16O3/c1-11-9-10-13(16(19-3)15(11)18-2)14(17)12-7-5-4-6-8-12/h4-10H,1-3H3. The summed E-state index contributed by atoms with van der Waals surface area (Å²) >= 11 is 0. The maximum Gasteiger partial charge on any atom is 0.196 e. The minimum absolute atomic E-state index is 0.0734. The van der Waals surface area contributed by atoms with Gasteiger partial charge in [0.05, 0.1) is 19.8 Å². The molecule has 0 aromatic heterocycles. The van der Waals surface area contributed by atoms with Gasteiger partial charge in [-0.2, -0.15) is 0 Å². The Morgan fingerprint density at radius 3 is 2.11 bits per heavy atom. The third-order valence-electron chi connectivity index (χ3n) is 3.00. The second-order valence-electron chi connectivity index (χ2n) is 4.19. The van der Waals surface area contributed by atoms with E-state index in [1.54, 1.807) is 32.4 Å². The third kappa shape index (κ3) is 2.45. The van der Waals surface area contributed by atoms with Gasteiger partial charge in [-0.1, -0.05) is 36.4 Å². The zero-order chi connectivity index (χ0) is 13.8. The van der Waals surface area contributed by atoms with Crippen LogP contribution in [0.15, 0.2) is 42.5 Å². The second-order valence-corrected chi connectivity index (χ2v) is 4.19. The van der Waals surface area contributed by atoms with Crippen molar-refractivity contribution in [1.82, 2.24) is 0 Å². The summed E-state index contributed by atoms with van der Waals surface area (Å²) in [4.78, 5) is 12.5. The first-order chi connectivity index (χ1) is 9.19. The van der Waals surface area contributed by atoms with Crippen molar-refractivity contribution in [3.05, 3.63) is 59.2 Å². The van der Waals surface area contributed by atoms with E-state index in [2.05, 4.69) is 0 Å². The number of carbonyl (C=O) groups is 1. The maximum absolute atomic E-state index is 12.5. The molecule has 3 heteroatoms. The van der Waals surface area contributed by atoms with Gasteiger partial charge in [-0.3, -0.25) is 4.79 Å². The van der Waals surface area contributed by atoms with Crippen molar-refractivity contribution in [3.8, 4) is 11.5 Å². The Morgan fingerprint density at radius 2 is 1.53 bits per heavy atom. The van der Waals surface area contributed by atoms with E-state index in [4.69, 9.17) is 9.47 Å². The highest BCUT2D eigenvalue weighted by Gasteiger charge is 2.19. The van der Waals surface area contributed by atoms with Crippen LogP contribution >= 0.6 is 0 Å². The largest absolute Gasteiger partial charge is 0.493 e. The number of hydrogen-bond donors (Lipinski definition) is 0. The zero-order valence-electron chi connectivity index (χ0n) is 11.3. The number of methoxy groups -OCH3 is 2. The first-order valence-electron chi connectivity index (χ1n) is 6.00. The molecular formula is C16H16O3. The van der Waals surface area contributed by atoms with E-state index < -0.39 is 0 Å². The molecule has 2 aromatic carbocycles. The minimum Gasteiger partial charge on any atom is -0.493 e. The van der Waals surface area contributed by atoms with Crippen LogP contribution in [0.25, 0.3) is 0 Å². The Kier molecular flexibility index (Phi) is 3.85. The summed E-state index contributed by atoms with van der Waals surface area (Å²) in [6.45, 7) is 1.91. The average Bonchev–Trinajstić information content (AvgIpc) is 2.47. The first kappa shape index (κ1) is 13.1. The number of hydrogen-bond acceptors (Lipinski definition) is 3. The van der Waals surface area contributed by atoms with Crippen molar-refractivity contribution < 1.29 is 14.3 Å². The molecule has 98 valence electrons. The number of aryl methyl sites for hydroxylation is 1. The molecule has 0 bridgehead atoms. The van der Waals surface area contributed by atoms with Crippen LogP contribution < -0.4 is 9.47 Å². The molecule has 0 aliphatic heterocycles. The lowest BCUT2D eigenvalue weighted by Gasteiger charge is -2.14. The molecule has 2 rings (SSSR count). The summed E-state index contributed by atoms with van der Waals surface area (Å²) < 4.78 is 10.7. The molecule has 0 fully saturated rings. The van der Waals surface area contributed by atoms with Crippen LogP contribution in [0, 0.1) is 6.92 Å². The molecule has 0 amide bonds. The summed E-state index contributed by atoms with van der Waals surface area (Å²) in [6, 6.07) is 12.8. The summed E-state index contributed by atoms with van der Waals surface area (Å²) in [6.07, 6.45) is 0. The molecule has 0 radical (unpaired) electrons. The van der Waals surface area contributed by atoms with Gasteiger partial charge in [-0.05, 0) is 18.6 Å². The van der Waals surface area contributed by atoms with Crippen LogP contribution in [0.4, 0.5) is 0 Å². The fourth-order valence-corrected chi connectivity index (χ4v) is 2.04. The number of rotatable bonds is 4. The van der Waals surface area contributed by atoms with E-state index in [0.717, 1.165) is 5.56 Å². The molecule has 0 spiro atoms. The number of ketones is 1. The summed E-state index contributed by atoms with van der Waals surface area (Å²) in [5, 5.41) is 0. The van der Waals surface area contributed by atoms with Gasteiger partial charge in [-0.15, -0.1) is 0 Å². The van der Waals surface area contributed by atoms with E-state index in [0.29, 0.717) is 22.6 Å². The molecule has 3 nitrogen and oxygen atoms in total. The smallest absolute Gasteiger partial charge is 0.196 e. The fraction of sp³-hybridized carbons (Fsp3) is 0.188. The Hall–Kier alpha value is -2.29. The molecule has 0 aliphatic carbocycles. The van der Waals surface area contributed by atoms with Crippen molar-refractivity contribution in [1.29, 1.82) is 0 Å². The average molecular weight is 256 g/mol. The second kappa shape index (κ2) is 5.57. The van der Waals surface area contributed by atoms with Gasteiger partial charge in [-0.25, -0.2) is 0 Å². The predicted octanol–water partition coefficient (Wildman–Crippen LogP) is 3.24. The molecule has 0 heterocycles. The van der Waals surface area contributed by atoms with Crippen molar-refractivity contribution in [3.63, 3.8) is 0 Å². The summed E-state index contributed by atoms with van der Waals surface area (Å²) in [5.74, 6) is 1.01. The summed E-state index contributed by atoms with van der Waals surface area (Å²) in [5.41, 5.74) is 2.08. The zero-order valence-corrected chi connectivity index (χ0v) is 11.3. The van der Waals surface area contributed by atoms with Gasteiger partial charge in [0, 0.05) is 5.56 Å². The molecule has 0 atom stereocenters. The van der Waals surface area contributed by atoms with E-state index in [1.807, 2.05) is 31.2 Å². The van der Waals surface area contributed by atoms with Crippen molar-refractivity contribution in [2.24, 2.45) is 0 Å². The van der Waals surface area contributed by atoms with Gasteiger partial charge in [0.2, 0.25) is 0 Å². The number of carbonyl (C=O) groups excluding carboxylic acids is 1. The van der Waals surface area contributed by atoms with Crippen molar-refractivity contribution >= 4 is 5.78 Å². The molecule has 0 N–H and O–H groups in total. The van der Waals surface area contributed by atoms with Gasteiger partial charge in [0.15, 0.2) is 17.3 Å². The van der Waals surface area contributed by atoms with E-state index >= 15 is 0 Å². The highest BCUT2D eigenvalue weighted by atomic mass is 16.5. The highest BCUT2D eigenvalue weighted by molar-refractivity contribution is 6.11. The normalized spacial score (nSPS) is 10.1. The SMILES string of the molecule is COc1c(C)ccc(C(=O)c2ccccc2)c1OC. The van der Waals surface area contributed by atoms with Crippen LogP contribution in [-0.2, 0) is 0 Å². The summed E-state index contributed by atoms with van der Waals surface area (Å²) in [7, 11) is 3.11. The Balaban J connectivity index is 2.54. The van der Waals surface area contributed by atoms with E-state index in [1.165, 1.54) is 0 Å². The van der Waals surface area contributed by atoms with Gasteiger partial charge in [0.25, 0.3) is 0 Å². The lowest BCUT2D eigenvalue weighted by molar-refractivity contribution is 0.103. The number of ether oxygens (including phenoxy) is 2. The monoisotopic (exact) mass is 256 g/mol. The molecule has 0 saturated carbocycles. The molecular weight excluding hydrogens is 240 g/mol. The molecule has 0 saturated heterocycles. The van der Waals surface area contributed by atoms with Crippen LogP contribution in [0.2, 0.25) is 0 Å².